The summed E-state index contributed by atoms with van der Waals surface area (Å²) in [5, 5.41) is 6.72. The number of sulfonamides is 1. The molecule has 0 radical (unpaired) electrons. The van der Waals surface area contributed by atoms with Crippen LogP contribution in [-0.2, 0) is 21.4 Å². The number of thioether (sulfide) groups is 1. The summed E-state index contributed by atoms with van der Waals surface area (Å²) in [7, 11) is -2.57. The van der Waals surface area contributed by atoms with Crippen molar-refractivity contribution >= 4 is 50.2 Å². The number of hydrogen-bond donors (Lipinski definition) is 1. The van der Waals surface area contributed by atoms with E-state index in [0.29, 0.717) is 13.1 Å². The first-order chi connectivity index (χ1) is 16.3. The van der Waals surface area contributed by atoms with E-state index in [1.54, 1.807) is 4.90 Å². The zero-order valence-corrected chi connectivity index (χ0v) is 20.8. The lowest BCUT2D eigenvalue weighted by atomic mass is 10.2. The molecular weight excluding hydrogens is 495 g/mol. The summed E-state index contributed by atoms with van der Waals surface area (Å²) in [6.07, 6.45) is 1.84. The highest BCUT2D eigenvalue weighted by Gasteiger charge is 2.29. The second kappa shape index (κ2) is 10.7. The summed E-state index contributed by atoms with van der Waals surface area (Å²) in [6, 6.07) is 14.6. The van der Waals surface area contributed by atoms with E-state index in [1.165, 1.54) is 42.3 Å². The molecule has 34 heavy (non-hydrogen) atoms. The number of anilines is 1. The number of likely N-dealkylation sites (N-methyl/N-ethyl adjacent to an activating group) is 1. The predicted octanol–water partition coefficient (Wildman–Crippen LogP) is 4.09. The first-order valence-electron chi connectivity index (χ1n) is 10.4. The van der Waals surface area contributed by atoms with E-state index >= 15 is 0 Å². The Labute approximate surface area is 206 Å². The van der Waals surface area contributed by atoms with Crippen LogP contribution in [0.2, 0.25) is 0 Å². The third-order valence-corrected chi connectivity index (χ3v) is 8.75. The van der Waals surface area contributed by atoms with Crippen molar-refractivity contribution < 1.29 is 17.6 Å². The van der Waals surface area contributed by atoms with Crippen molar-refractivity contribution in [3.63, 3.8) is 0 Å². The van der Waals surface area contributed by atoms with Crippen molar-refractivity contribution in [2.45, 2.75) is 11.4 Å². The topological polar surface area (TPSA) is 82.6 Å². The van der Waals surface area contributed by atoms with Crippen LogP contribution in [0, 0.1) is 5.82 Å². The Morgan fingerprint density at radius 2 is 1.94 bits per heavy atom. The molecule has 1 saturated heterocycles. The number of halogens is 1. The molecule has 7 nitrogen and oxygen atoms in total. The molecule has 0 unspecified atom stereocenters. The van der Waals surface area contributed by atoms with Crippen LogP contribution in [0.4, 0.5) is 9.52 Å². The summed E-state index contributed by atoms with van der Waals surface area (Å²) >= 11 is 3.01. The molecule has 11 heteroatoms. The number of carbonyl (C=O) groups excluding carboxylic acids is 1. The number of carbonyl (C=O) groups is 1. The highest BCUT2D eigenvalue weighted by atomic mass is 32.2. The van der Waals surface area contributed by atoms with Crippen molar-refractivity contribution in [3.8, 4) is 0 Å². The first-order valence-corrected chi connectivity index (χ1v) is 13.7. The quantitative estimate of drug-likeness (QED) is 0.484. The minimum atomic E-state index is -3.91. The molecule has 0 aliphatic carbocycles. The number of benzene rings is 2. The van der Waals surface area contributed by atoms with Crippen molar-refractivity contribution in [2.75, 3.05) is 31.2 Å². The fourth-order valence-electron chi connectivity index (χ4n) is 3.28. The van der Waals surface area contributed by atoms with Gasteiger partial charge >= 0.3 is 0 Å². The zero-order chi connectivity index (χ0) is 24.1. The Morgan fingerprint density at radius 1 is 1.21 bits per heavy atom. The number of thiazole rings is 1. The summed E-state index contributed by atoms with van der Waals surface area (Å²) < 4.78 is 39.6. The summed E-state index contributed by atoms with van der Waals surface area (Å²) in [5.74, 6) is -0.140. The lowest BCUT2D eigenvalue weighted by molar-refractivity contribution is -0.128. The standard InChI is InChI=1S/C23H23FN4O3S3/c1-27(34(30,31)20-9-7-18(24)8-10-20)15-21(29)28-11-12-32-22(28)13-19-16-33-23(26-19)25-14-17-5-3-2-4-6-17/h2-10,13,16H,11-12,14-15H2,1H3,(H,25,26)/b22-13+. The van der Waals surface area contributed by atoms with E-state index in [2.05, 4.69) is 10.3 Å². The van der Waals surface area contributed by atoms with Gasteiger partial charge in [0.25, 0.3) is 0 Å². The van der Waals surface area contributed by atoms with Gasteiger partial charge in [0.2, 0.25) is 15.9 Å². The maximum absolute atomic E-state index is 13.1. The molecule has 2 aromatic carbocycles. The molecule has 2 heterocycles. The summed E-state index contributed by atoms with van der Waals surface area (Å²) in [5.41, 5.74) is 1.88. The molecule has 0 atom stereocenters. The maximum Gasteiger partial charge on any atom is 0.243 e. The van der Waals surface area contributed by atoms with Gasteiger partial charge in [0, 0.05) is 31.3 Å². The molecule has 0 spiro atoms. The smallest absolute Gasteiger partial charge is 0.243 e. The Morgan fingerprint density at radius 3 is 2.68 bits per heavy atom. The van der Waals surface area contributed by atoms with Crippen LogP contribution < -0.4 is 5.32 Å². The zero-order valence-electron chi connectivity index (χ0n) is 18.3. The first kappa shape index (κ1) is 24.4. The average molecular weight is 519 g/mol. The van der Waals surface area contributed by atoms with E-state index in [0.717, 1.165) is 43.6 Å². The highest BCUT2D eigenvalue weighted by molar-refractivity contribution is 8.03. The van der Waals surface area contributed by atoms with E-state index in [9.17, 15) is 17.6 Å². The van der Waals surface area contributed by atoms with Gasteiger partial charge in [-0.2, -0.15) is 4.31 Å². The minimum Gasteiger partial charge on any atom is -0.357 e. The largest absolute Gasteiger partial charge is 0.357 e. The van der Waals surface area contributed by atoms with Gasteiger partial charge in [-0.3, -0.25) is 4.79 Å². The fourth-order valence-corrected chi connectivity index (χ4v) is 6.10. The molecule has 1 amide bonds. The molecule has 1 aliphatic rings. The van der Waals surface area contributed by atoms with Crippen LogP contribution >= 0.6 is 23.1 Å². The molecule has 1 aliphatic heterocycles. The third kappa shape index (κ3) is 5.84. The lowest BCUT2D eigenvalue weighted by Gasteiger charge is -2.21. The van der Waals surface area contributed by atoms with Gasteiger partial charge in [-0.1, -0.05) is 30.3 Å². The SMILES string of the molecule is CN(CC(=O)N1CCS/C1=C/c1csc(NCc2ccccc2)n1)S(=O)(=O)c1ccc(F)cc1. The Bertz CT molecular complexity index is 1280. The monoisotopic (exact) mass is 518 g/mol. The van der Waals surface area contributed by atoms with Crippen molar-refractivity contribution in [3.05, 3.63) is 82.1 Å². The number of rotatable bonds is 8. The van der Waals surface area contributed by atoms with Gasteiger partial charge < -0.3 is 10.2 Å². The molecule has 0 saturated carbocycles. The van der Waals surface area contributed by atoms with Crippen LogP contribution in [0.1, 0.15) is 11.3 Å². The lowest BCUT2D eigenvalue weighted by Crippen LogP contribution is -2.39. The molecular formula is C23H23FN4O3S3. The predicted molar refractivity (Wildman–Crippen MR) is 134 cm³/mol. The van der Waals surface area contributed by atoms with Gasteiger partial charge in [-0.15, -0.1) is 23.1 Å². The number of hydrogen-bond acceptors (Lipinski definition) is 7. The number of nitrogens with one attached hydrogen (secondary N) is 1. The van der Waals surface area contributed by atoms with E-state index in [1.807, 2.05) is 41.8 Å². The maximum atomic E-state index is 13.1. The van der Waals surface area contributed by atoms with Crippen molar-refractivity contribution in [1.29, 1.82) is 0 Å². The van der Waals surface area contributed by atoms with E-state index in [4.69, 9.17) is 0 Å². The van der Waals surface area contributed by atoms with Gasteiger partial charge in [0.1, 0.15) is 5.82 Å². The normalized spacial score (nSPS) is 15.3. The second-order valence-corrected chi connectivity index (χ2v) is 11.5. The van der Waals surface area contributed by atoms with Crippen molar-refractivity contribution in [1.82, 2.24) is 14.2 Å². The molecule has 3 aromatic rings. The van der Waals surface area contributed by atoms with Gasteiger partial charge in [-0.25, -0.2) is 17.8 Å². The van der Waals surface area contributed by atoms with Crippen molar-refractivity contribution in [2.24, 2.45) is 0 Å². The molecule has 178 valence electrons. The minimum absolute atomic E-state index is 0.0613. The molecule has 1 aromatic heterocycles. The second-order valence-electron chi connectivity index (χ2n) is 7.51. The molecule has 4 rings (SSSR count). The average Bonchev–Trinajstić information content (AvgIpc) is 3.48. The van der Waals surface area contributed by atoms with E-state index < -0.39 is 15.8 Å². The highest BCUT2D eigenvalue weighted by Crippen LogP contribution is 2.31. The number of nitrogens with zero attached hydrogens (tertiary/aromatic N) is 3. The Hall–Kier alpha value is -2.73. The van der Waals surface area contributed by atoms with Crippen LogP contribution in [-0.4, -0.2) is 54.4 Å². The van der Waals surface area contributed by atoms with Gasteiger partial charge in [-0.05, 0) is 35.9 Å². The van der Waals surface area contributed by atoms with Gasteiger partial charge in [0.15, 0.2) is 5.13 Å². The van der Waals surface area contributed by atoms with Crippen LogP contribution in [0.15, 0.2) is 69.9 Å². The number of amides is 1. The molecule has 1 fully saturated rings. The summed E-state index contributed by atoms with van der Waals surface area (Å²) in [4.78, 5) is 19.0. The number of aromatic nitrogens is 1. The van der Waals surface area contributed by atoms with Crippen LogP contribution in [0.5, 0.6) is 0 Å². The Balaban J connectivity index is 1.40. The molecule has 0 bridgehead atoms. The van der Waals surface area contributed by atoms with Crippen LogP contribution in [0.3, 0.4) is 0 Å². The summed E-state index contributed by atoms with van der Waals surface area (Å²) in [6.45, 7) is 0.833. The van der Waals surface area contributed by atoms with E-state index in [-0.39, 0.29) is 17.3 Å². The van der Waals surface area contributed by atoms with Crippen LogP contribution in [0.25, 0.3) is 6.08 Å². The Kier molecular flexibility index (Phi) is 7.67. The fraction of sp³-hybridized carbons (Fsp3) is 0.217. The van der Waals surface area contributed by atoms with Gasteiger partial charge in [0.05, 0.1) is 22.2 Å². The molecule has 1 N–H and O–H groups in total. The third-order valence-electron chi connectivity index (χ3n) is 5.09.